The minimum atomic E-state index is 0.0416. The third kappa shape index (κ3) is 1.87. The molecule has 2 atom stereocenters. The summed E-state index contributed by atoms with van der Waals surface area (Å²) in [6.45, 7) is 15.2. The van der Waals surface area contributed by atoms with E-state index in [1.165, 1.54) is 0 Å². The van der Waals surface area contributed by atoms with Crippen molar-refractivity contribution in [3.63, 3.8) is 0 Å². The van der Waals surface area contributed by atoms with Crippen LogP contribution in [0.15, 0.2) is 0 Å². The van der Waals surface area contributed by atoms with E-state index < -0.39 is 0 Å². The predicted molar refractivity (Wildman–Crippen MR) is 74.0 cm³/mol. The van der Waals surface area contributed by atoms with E-state index in [-0.39, 0.29) is 6.04 Å². The lowest BCUT2D eigenvalue weighted by molar-refractivity contribution is -0.130. The highest BCUT2D eigenvalue weighted by atomic mass is 16.2. The molecule has 3 heteroatoms. The van der Waals surface area contributed by atoms with Crippen LogP contribution in [0.25, 0.3) is 0 Å². The fourth-order valence-electron chi connectivity index (χ4n) is 3.42. The Morgan fingerprint density at radius 3 is 2.33 bits per heavy atom. The van der Waals surface area contributed by atoms with Crippen LogP contribution in [0.4, 0.5) is 0 Å². The molecule has 3 nitrogen and oxygen atoms in total. The van der Waals surface area contributed by atoms with E-state index in [1.54, 1.807) is 0 Å². The van der Waals surface area contributed by atoms with E-state index in [4.69, 9.17) is 0 Å². The van der Waals surface area contributed by atoms with Gasteiger partial charge in [0.2, 0.25) is 5.91 Å². The van der Waals surface area contributed by atoms with Crippen LogP contribution in [0.3, 0.4) is 0 Å². The first-order valence-corrected chi connectivity index (χ1v) is 7.25. The number of carbonyl (C=O) groups is 1. The van der Waals surface area contributed by atoms with Gasteiger partial charge in [-0.3, -0.25) is 10.1 Å². The summed E-state index contributed by atoms with van der Waals surface area (Å²) in [6, 6.07) is 0.0416. The number of hydrogen-bond donors (Lipinski definition) is 1. The van der Waals surface area contributed by atoms with Crippen LogP contribution in [0.5, 0.6) is 0 Å². The van der Waals surface area contributed by atoms with Gasteiger partial charge >= 0.3 is 0 Å². The van der Waals surface area contributed by atoms with Crippen molar-refractivity contribution in [2.75, 3.05) is 13.2 Å². The van der Waals surface area contributed by atoms with Crippen molar-refractivity contribution in [2.24, 2.45) is 22.7 Å². The highest BCUT2D eigenvalue weighted by Crippen LogP contribution is 2.68. The number of carbonyl (C=O) groups excluding carboxylic acids is 1. The molecule has 104 valence electrons. The molecule has 0 radical (unpaired) electrons. The molecule has 2 fully saturated rings. The number of nitrogens with one attached hydrogen (secondary N) is 1. The molecule has 0 aromatic rings. The lowest BCUT2D eigenvalue weighted by Crippen LogP contribution is -2.36. The van der Waals surface area contributed by atoms with Gasteiger partial charge in [-0.05, 0) is 22.7 Å². The lowest BCUT2D eigenvalue weighted by atomic mass is 9.99. The normalized spacial score (nSPS) is 31.8. The first-order valence-electron chi connectivity index (χ1n) is 7.25. The maximum atomic E-state index is 12.4. The van der Waals surface area contributed by atoms with Crippen LogP contribution in [-0.2, 0) is 4.79 Å². The summed E-state index contributed by atoms with van der Waals surface area (Å²) in [5, 5.41) is 3.37. The molecule has 2 aliphatic rings. The molecule has 18 heavy (non-hydrogen) atoms. The molecule has 0 aromatic heterocycles. The molecule has 1 saturated carbocycles. The Bertz CT molecular complexity index is 334. The van der Waals surface area contributed by atoms with Crippen molar-refractivity contribution in [3.8, 4) is 0 Å². The highest BCUT2D eigenvalue weighted by molar-refractivity contribution is 5.84. The van der Waals surface area contributed by atoms with Crippen LogP contribution >= 0.6 is 0 Å². The largest absolute Gasteiger partial charge is 0.328 e. The van der Waals surface area contributed by atoms with Crippen LogP contribution in [-0.4, -0.2) is 30.1 Å². The minimum absolute atomic E-state index is 0.0416. The average molecular weight is 252 g/mol. The topological polar surface area (TPSA) is 32.3 Å². The van der Waals surface area contributed by atoms with Gasteiger partial charge in [0.25, 0.3) is 0 Å². The van der Waals surface area contributed by atoms with Gasteiger partial charge in [0.1, 0.15) is 0 Å². The molecule has 1 aliphatic carbocycles. The zero-order chi connectivity index (χ0) is 13.7. The quantitative estimate of drug-likeness (QED) is 0.833. The van der Waals surface area contributed by atoms with Gasteiger partial charge in [-0.25, -0.2) is 0 Å². The summed E-state index contributed by atoms with van der Waals surface area (Å²) in [6.07, 6.45) is 1.05. The number of amides is 1. The van der Waals surface area contributed by atoms with Crippen LogP contribution in [0.1, 0.15) is 48.0 Å². The number of hydrogen-bond acceptors (Lipinski definition) is 2. The minimum Gasteiger partial charge on any atom is -0.328 e. The van der Waals surface area contributed by atoms with Gasteiger partial charge in [-0.15, -0.1) is 0 Å². The fourth-order valence-corrected chi connectivity index (χ4v) is 3.42. The molecule has 1 aliphatic heterocycles. The van der Waals surface area contributed by atoms with Crippen LogP contribution in [0.2, 0.25) is 0 Å². The second kappa shape index (κ2) is 4.22. The van der Waals surface area contributed by atoms with Gasteiger partial charge < -0.3 is 4.90 Å². The summed E-state index contributed by atoms with van der Waals surface area (Å²) in [5.74, 6) is 1.37. The van der Waals surface area contributed by atoms with Gasteiger partial charge in [0.15, 0.2) is 0 Å². The Hall–Kier alpha value is -0.570. The fraction of sp³-hybridized carbons (Fsp3) is 0.933. The molecule has 0 spiro atoms. The highest BCUT2D eigenvalue weighted by Gasteiger charge is 2.65. The van der Waals surface area contributed by atoms with E-state index in [0.717, 1.165) is 19.6 Å². The first-order chi connectivity index (χ1) is 8.23. The van der Waals surface area contributed by atoms with Gasteiger partial charge in [-0.1, -0.05) is 48.0 Å². The van der Waals surface area contributed by atoms with Gasteiger partial charge in [-0.2, -0.15) is 0 Å². The molecule has 0 aromatic carbocycles. The lowest BCUT2D eigenvalue weighted by Gasteiger charge is -2.18. The zero-order valence-corrected chi connectivity index (χ0v) is 12.7. The second-order valence-electron chi connectivity index (χ2n) is 7.28. The van der Waals surface area contributed by atoms with Crippen molar-refractivity contribution >= 4 is 5.91 Å². The Balaban J connectivity index is 1.96. The van der Waals surface area contributed by atoms with E-state index in [1.807, 2.05) is 4.90 Å². The Kier molecular flexibility index (Phi) is 3.25. The monoisotopic (exact) mass is 252 g/mol. The number of nitrogens with zero attached hydrogens (tertiary/aromatic N) is 1. The van der Waals surface area contributed by atoms with Crippen LogP contribution in [0, 0.1) is 22.7 Å². The molecule has 1 N–H and O–H groups in total. The number of rotatable bonds is 4. The Morgan fingerprint density at radius 2 is 1.89 bits per heavy atom. The molecule has 0 bridgehead atoms. The summed E-state index contributed by atoms with van der Waals surface area (Å²) in [5.41, 5.74) is 0.726. The Morgan fingerprint density at radius 1 is 1.33 bits per heavy atom. The molecule has 2 rings (SSSR count). The molecule has 1 saturated heterocycles. The predicted octanol–water partition coefficient (Wildman–Crippen LogP) is 2.47. The van der Waals surface area contributed by atoms with Crippen molar-refractivity contribution in [3.05, 3.63) is 0 Å². The van der Waals surface area contributed by atoms with Gasteiger partial charge in [0.05, 0.1) is 12.7 Å². The van der Waals surface area contributed by atoms with Crippen molar-refractivity contribution in [2.45, 2.75) is 54.0 Å². The smallest absolute Gasteiger partial charge is 0.241 e. The molecule has 1 amide bonds. The third-order valence-corrected chi connectivity index (χ3v) is 6.02. The zero-order valence-electron chi connectivity index (χ0n) is 12.7. The summed E-state index contributed by atoms with van der Waals surface area (Å²) in [4.78, 5) is 14.4. The van der Waals surface area contributed by atoms with E-state index in [0.29, 0.717) is 28.6 Å². The molecular formula is C15H28N2O. The maximum Gasteiger partial charge on any atom is 0.241 e. The summed E-state index contributed by atoms with van der Waals surface area (Å²) in [7, 11) is 0. The average Bonchev–Trinajstić information content (AvgIpc) is 2.62. The third-order valence-electron chi connectivity index (χ3n) is 6.02. The van der Waals surface area contributed by atoms with Crippen molar-refractivity contribution in [1.82, 2.24) is 10.2 Å². The van der Waals surface area contributed by atoms with E-state index in [9.17, 15) is 4.79 Å². The molecular weight excluding hydrogens is 224 g/mol. The summed E-state index contributed by atoms with van der Waals surface area (Å²) < 4.78 is 0. The van der Waals surface area contributed by atoms with E-state index >= 15 is 0 Å². The summed E-state index contributed by atoms with van der Waals surface area (Å²) >= 11 is 0. The molecule has 2 unspecified atom stereocenters. The van der Waals surface area contributed by atoms with E-state index in [2.05, 4.69) is 46.9 Å². The Labute approximate surface area is 111 Å². The standard InChI is InChI=1S/C15H28N2O/c1-7-10(2)12-13(18)17(9-16-12)8-11-14(3,4)15(11,5)6/h10-12,16H,7-9H2,1-6H3. The van der Waals surface area contributed by atoms with Crippen molar-refractivity contribution in [1.29, 1.82) is 0 Å². The first kappa shape index (κ1) is 13.9. The maximum absolute atomic E-state index is 12.4. The van der Waals surface area contributed by atoms with Crippen molar-refractivity contribution < 1.29 is 4.79 Å². The molecule has 1 heterocycles. The SMILES string of the molecule is CCC(C)C1NCN(CC2C(C)(C)C2(C)C)C1=O. The van der Waals surface area contributed by atoms with Gasteiger partial charge in [0, 0.05) is 6.54 Å². The van der Waals surface area contributed by atoms with Crippen LogP contribution < -0.4 is 5.32 Å². The second-order valence-corrected chi connectivity index (χ2v) is 7.28.